The summed E-state index contributed by atoms with van der Waals surface area (Å²) < 4.78 is 24.5. The number of nitrogens with one attached hydrogen (secondary N) is 1. The van der Waals surface area contributed by atoms with Crippen LogP contribution in [0.4, 0.5) is 9.18 Å². The fourth-order valence-electron chi connectivity index (χ4n) is 3.55. The van der Waals surface area contributed by atoms with Gasteiger partial charge in [-0.15, -0.1) is 0 Å². The van der Waals surface area contributed by atoms with Gasteiger partial charge in [-0.2, -0.15) is 0 Å². The summed E-state index contributed by atoms with van der Waals surface area (Å²) in [5, 5.41) is 2.95. The maximum absolute atomic E-state index is 13.3. The lowest BCUT2D eigenvalue weighted by Gasteiger charge is -2.27. The molecule has 142 valence electrons. The van der Waals surface area contributed by atoms with Crippen molar-refractivity contribution in [1.82, 2.24) is 10.2 Å². The molecular weight excluding hydrogens is 371 g/mol. The van der Waals surface area contributed by atoms with E-state index in [1.165, 1.54) is 12.1 Å². The van der Waals surface area contributed by atoms with Crippen LogP contribution >= 0.6 is 11.6 Å². The molecule has 2 heterocycles. The summed E-state index contributed by atoms with van der Waals surface area (Å²) in [6.45, 7) is 2.07. The normalized spacial score (nSPS) is 18.4. The molecule has 0 radical (unpaired) electrons. The van der Waals surface area contributed by atoms with Gasteiger partial charge in [0.2, 0.25) is 0 Å². The maximum Gasteiger partial charge on any atom is 0.318 e. The fourth-order valence-corrected chi connectivity index (χ4v) is 3.76. The third kappa shape index (κ3) is 3.81. The van der Waals surface area contributed by atoms with Crippen LogP contribution in [0.5, 0.6) is 11.5 Å². The Morgan fingerprint density at radius 3 is 2.81 bits per heavy atom. The van der Waals surface area contributed by atoms with Gasteiger partial charge in [0.15, 0.2) is 11.5 Å². The molecule has 0 aromatic heterocycles. The van der Waals surface area contributed by atoms with Crippen LogP contribution in [0.3, 0.4) is 0 Å². The quantitative estimate of drug-likeness (QED) is 0.850. The average molecular weight is 391 g/mol. The second-order valence-electron chi connectivity index (χ2n) is 6.66. The molecular formula is C20H20ClFN2O3. The number of amides is 2. The fraction of sp³-hybridized carbons (Fsp3) is 0.350. The standard InChI is InChI=1S/C20H20ClFN2O3/c21-15-10-13(3-5-16(15)22)12-23-20(25)24-7-1-2-17(24)14-4-6-18-19(11-14)27-9-8-26-18/h3-6,10-11,17H,1-2,7-9,12H2,(H,23,25). The number of halogens is 2. The number of benzene rings is 2. The smallest absolute Gasteiger partial charge is 0.318 e. The number of ether oxygens (including phenoxy) is 2. The summed E-state index contributed by atoms with van der Waals surface area (Å²) in [5.74, 6) is 1.00. The van der Waals surface area contributed by atoms with E-state index in [-0.39, 0.29) is 17.1 Å². The molecule has 0 saturated carbocycles. The van der Waals surface area contributed by atoms with Crippen LogP contribution < -0.4 is 14.8 Å². The van der Waals surface area contributed by atoms with Crippen molar-refractivity contribution in [3.63, 3.8) is 0 Å². The highest BCUT2D eigenvalue weighted by Gasteiger charge is 2.30. The highest BCUT2D eigenvalue weighted by atomic mass is 35.5. The average Bonchev–Trinajstić information content (AvgIpc) is 3.18. The van der Waals surface area contributed by atoms with E-state index >= 15 is 0 Å². The minimum absolute atomic E-state index is 0.00219. The second kappa shape index (κ2) is 7.64. The molecule has 0 spiro atoms. The van der Waals surface area contributed by atoms with E-state index in [1.54, 1.807) is 6.07 Å². The molecule has 7 heteroatoms. The highest BCUT2D eigenvalue weighted by Crippen LogP contribution is 2.38. The maximum atomic E-state index is 13.3. The summed E-state index contributed by atoms with van der Waals surface area (Å²) >= 11 is 5.80. The summed E-state index contributed by atoms with van der Waals surface area (Å²) in [6.07, 6.45) is 1.84. The van der Waals surface area contributed by atoms with E-state index in [1.807, 2.05) is 23.1 Å². The van der Waals surface area contributed by atoms with E-state index in [2.05, 4.69) is 5.32 Å². The molecule has 1 N–H and O–H groups in total. The van der Waals surface area contributed by atoms with Gasteiger partial charge in [0, 0.05) is 13.1 Å². The zero-order valence-corrected chi connectivity index (χ0v) is 15.5. The number of carbonyl (C=O) groups excluding carboxylic acids is 1. The molecule has 5 nitrogen and oxygen atoms in total. The zero-order valence-electron chi connectivity index (χ0n) is 14.7. The SMILES string of the molecule is O=C(NCc1ccc(F)c(Cl)c1)N1CCCC1c1ccc2c(c1)OCCO2. The Balaban J connectivity index is 1.44. The first-order chi connectivity index (χ1) is 13.1. The number of hydrogen-bond acceptors (Lipinski definition) is 3. The first-order valence-corrected chi connectivity index (χ1v) is 9.37. The van der Waals surface area contributed by atoms with Gasteiger partial charge >= 0.3 is 6.03 Å². The Bertz CT molecular complexity index is 861. The highest BCUT2D eigenvalue weighted by molar-refractivity contribution is 6.30. The predicted octanol–water partition coefficient (Wildman–Crippen LogP) is 4.30. The number of rotatable bonds is 3. The summed E-state index contributed by atoms with van der Waals surface area (Å²) in [6, 6.07) is 10.2. The summed E-state index contributed by atoms with van der Waals surface area (Å²) in [4.78, 5) is 14.5. The predicted molar refractivity (Wildman–Crippen MR) is 99.8 cm³/mol. The lowest BCUT2D eigenvalue weighted by atomic mass is 10.0. The van der Waals surface area contributed by atoms with Gasteiger partial charge in [0.05, 0.1) is 11.1 Å². The Morgan fingerprint density at radius 1 is 1.19 bits per heavy atom. The van der Waals surface area contributed by atoms with Crippen molar-refractivity contribution >= 4 is 17.6 Å². The lowest BCUT2D eigenvalue weighted by molar-refractivity contribution is 0.170. The van der Waals surface area contributed by atoms with Crippen molar-refractivity contribution in [1.29, 1.82) is 0 Å². The molecule has 1 fully saturated rings. The van der Waals surface area contributed by atoms with Crippen LogP contribution in [-0.4, -0.2) is 30.7 Å². The largest absolute Gasteiger partial charge is 0.486 e. The molecule has 0 aliphatic carbocycles. The minimum atomic E-state index is -0.468. The third-order valence-electron chi connectivity index (χ3n) is 4.89. The van der Waals surface area contributed by atoms with Gasteiger partial charge in [0.25, 0.3) is 0 Å². The molecule has 2 aliphatic heterocycles. The molecule has 2 amide bonds. The monoisotopic (exact) mass is 390 g/mol. The number of nitrogens with zero attached hydrogens (tertiary/aromatic N) is 1. The van der Waals surface area contributed by atoms with Crippen LogP contribution in [0, 0.1) is 5.82 Å². The van der Waals surface area contributed by atoms with E-state index < -0.39 is 5.82 Å². The molecule has 2 aromatic carbocycles. The summed E-state index contributed by atoms with van der Waals surface area (Å²) in [5.41, 5.74) is 1.79. The van der Waals surface area contributed by atoms with Crippen molar-refractivity contribution < 1.29 is 18.7 Å². The number of carbonyl (C=O) groups is 1. The molecule has 4 rings (SSSR count). The molecule has 0 bridgehead atoms. The van der Waals surface area contributed by atoms with E-state index in [0.29, 0.717) is 26.3 Å². The van der Waals surface area contributed by atoms with Crippen LogP contribution in [0.1, 0.15) is 30.0 Å². The Hall–Kier alpha value is -2.47. The Labute approximate surface area is 162 Å². The Morgan fingerprint density at radius 2 is 2.00 bits per heavy atom. The van der Waals surface area contributed by atoms with Gasteiger partial charge < -0.3 is 19.7 Å². The van der Waals surface area contributed by atoms with Crippen molar-refractivity contribution in [3.05, 3.63) is 58.4 Å². The number of fused-ring (bicyclic) bond motifs is 1. The molecule has 1 atom stereocenters. The van der Waals surface area contributed by atoms with Crippen molar-refractivity contribution in [2.75, 3.05) is 19.8 Å². The van der Waals surface area contributed by atoms with Gasteiger partial charge in [-0.1, -0.05) is 23.7 Å². The molecule has 27 heavy (non-hydrogen) atoms. The zero-order chi connectivity index (χ0) is 18.8. The number of hydrogen-bond donors (Lipinski definition) is 1. The van der Waals surface area contributed by atoms with Gasteiger partial charge in [-0.25, -0.2) is 9.18 Å². The van der Waals surface area contributed by atoms with Crippen LogP contribution in [0.15, 0.2) is 36.4 Å². The third-order valence-corrected chi connectivity index (χ3v) is 5.18. The van der Waals surface area contributed by atoms with Crippen LogP contribution in [0.2, 0.25) is 5.02 Å². The van der Waals surface area contributed by atoms with Crippen LogP contribution in [0.25, 0.3) is 0 Å². The van der Waals surface area contributed by atoms with E-state index in [9.17, 15) is 9.18 Å². The topological polar surface area (TPSA) is 50.8 Å². The minimum Gasteiger partial charge on any atom is -0.486 e. The molecule has 1 saturated heterocycles. The van der Waals surface area contributed by atoms with Crippen molar-refractivity contribution in [2.24, 2.45) is 0 Å². The van der Waals surface area contributed by atoms with Gasteiger partial charge in [-0.3, -0.25) is 0 Å². The van der Waals surface area contributed by atoms with Gasteiger partial charge in [0.1, 0.15) is 19.0 Å². The van der Waals surface area contributed by atoms with Crippen molar-refractivity contribution in [2.45, 2.75) is 25.4 Å². The molecule has 2 aromatic rings. The number of urea groups is 1. The van der Waals surface area contributed by atoms with Crippen molar-refractivity contribution in [3.8, 4) is 11.5 Å². The summed E-state index contributed by atoms with van der Waals surface area (Å²) in [7, 11) is 0. The molecule has 2 aliphatic rings. The molecule has 1 unspecified atom stereocenters. The first kappa shape index (κ1) is 17.9. The van der Waals surface area contributed by atoms with Crippen LogP contribution in [-0.2, 0) is 6.54 Å². The lowest BCUT2D eigenvalue weighted by Crippen LogP contribution is -2.39. The van der Waals surface area contributed by atoms with Gasteiger partial charge in [-0.05, 0) is 48.2 Å². The second-order valence-corrected chi connectivity index (χ2v) is 7.07. The first-order valence-electron chi connectivity index (χ1n) is 9.00. The Kier molecular flexibility index (Phi) is 5.07. The van der Waals surface area contributed by atoms with E-state index in [4.69, 9.17) is 21.1 Å². The number of likely N-dealkylation sites (tertiary alicyclic amines) is 1. The van der Waals surface area contributed by atoms with E-state index in [0.717, 1.165) is 35.5 Å².